The maximum absolute atomic E-state index is 12.5. The molecule has 1 saturated heterocycles. The summed E-state index contributed by atoms with van der Waals surface area (Å²) in [4.78, 5) is 15.0. The molecule has 0 spiro atoms. The summed E-state index contributed by atoms with van der Waals surface area (Å²) < 4.78 is 0. The molecule has 1 aliphatic heterocycles. The van der Waals surface area contributed by atoms with Gasteiger partial charge in [-0.05, 0) is 55.7 Å². The zero-order valence-corrected chi connectivity index (χ0v) is 17.3. The Labute approximate surface area is 174 Å². The standard InChI is InChI=1S/C21H29N3O.2ClH/c22-20-18-7-6-17(14-18)19(20)21(25)23-10-13-24-11-8-16(9-12-24)15-4-2-1-3-5-15;;/h1-7,16-20H,8-14,22H2,(H,23,25);2*1H/t17-,18+,19-,20+;;/m1../s1. The fourth-order valence-corrected chi connectivity index (χ4v) is 4.90. The van der Waals surface area contributed by atoms with Crippen LogP contribution in [0.25, 0.3) is 0 Å². The number of likely N-dealkylation sites (tertiary alicyclic amines) is 1. The quantitative estimate of drug-likeness (QED) is 0.732. The Morgan fingerprint density at radius 3 is 2.37 bits per heavy atom. The van der Waals surface area contributed by atoms with E-state index in [2.05, 4.69) is 52.7 Å². The Kier molecular flexibility index (Phi) is 8.17. The van der Waals surface area contributed by atoms with Gasteiger partial charge in [0.25, 0.3) is 0 Å². The number of nitrogens with zero attached hydrogens (tertiary/aromatic N) is 1. The smallest absolute Gasteiger partial charge is 0.225 e. The van der Waals surface area contributed by atoms with E-state index in [4.69, 9.17) is 5.73 Å². The Bertz CT molecular complexity index is 632. The highest BCUT2D eigenvalue weighted by atomic mass is 35.5. The van der Waals surface area contributed by atoms with Crippen LogP contribution in [-0.4, -0.2) is 43.0 Å². The molecule has 4 nitrogen and oxygen atoms in total. The lowest BCUT2D eigenvalue weighted by atomic mass is 9.88. The number of carbonyl (C=O) groups is 1. The summed E-state index contributed by atoms with van der Waals surface area (Å²) in [5.41, 5.74) is 7.69. The van der Waals surface area contributed by atoms with Crippen molar-refractivity contribution in [2.45, 2.75) is 31.2 Å². The summed E-state index contributed by atoms with van der Waals surface area (Å²) in [6.07, 6.45) is 7.86. The van der Waals surface area contributed by atoms with Crippen LogP contribution in [-0.2, 0) is 4.79 Å². The fraction of sp³-hybridized carbons (Fsp3) is 0.571. The van der Waals surface area contributed by atoms with Crippen molar-refractivity contribution in [3.8, 4) is 0 Å². The predicted molar refractivity (Wildman–Crippen MR) is 115 cm³/mol. The number of benzene rings is 1. The first-order valence-corrected chi connectivity index (χ1v) is 9.71. The third kappa shape index (κ3) is 4.86. The second-order valence-corrected chi connectivity index (χ2v) is 7.87. The van der Waals surface area contributed by atoms with Crippen LogP contribution in [0, 0.1) is 17.8 Å². The first-order valence-electron chi connectivity index (χ1n) is 9.71. The minimum atomic E-state index is -0.0150. The van der Waals surface area contributed by atoms with Crippen LogP contribution in [0.5, 0.6) is 0 Å². The maximum Gasteiger partial charge on any atom is 0.225 e. The fourth-order valence-electron chi connectivity index (χ4n) is 4.90. The molecular formula is C21H31Cl2N3O. The first-order chi connectivity index (χ1) is 12.2. The maximum atomic E-state index is 12.5. The van der Waals surface area contributed by atoms with Gasteiger partial charge in [0.15, 0.2) is 0 Å². The molecule has 6 heteroatoms. The minimum Gasteiger partial charge on any atom is -0.355 e. The van der Waals surface area contributed by atoms with Crippen LogP contribution in [0.1, 0.15) is 30.7 Å². The molecular weight excluding hydrogens is 381 g/mol. The number of fused-ring (bicyclic) bond motifs is 2. The van der Waals surface area contributed by atoms with Gasteiger partial charge < -0.3 is 16.0 Å². The number of halogens is 2. The highest BCUT2D eigenvalue weighted by Gasteiger charge is 2.46. The van der Waals surface area contributed by atoms with Crippen molar-refractivity contribution in [1.29, 1.82) is 0 Å². The van der Waals surface area contributed by atoms with E-state index in [1.54, 1.807) is 0 Å². The predicted octanol–water partition coefficient (Wildman–Crippen LogP) is 2.98. The van der Waals surface area contributed by atoms with Crippen LogP contribution in [0.2, 0.25) is 0 Å². The Morgan fingerprint density at radius 1 is 1.07 bits per heavy atom. The van der Waals surface area contributed by atoms with Crippen LogP contribution in [0.15, 0.2) is 42.5 Å². The monoisotopic (exact) mass is 411 g/mol. The van der Waals surface area contributed by atoms with Gasteiger partial charge in [-0.1, -0.05) is 42.5 Å². The van der Waals surface area contributed by atoms with E-state index in [1.807, 2.05) is 0 Å². The molecule has 0 radical (unpaired) electrons. The van der Waals surface area contributed by atoms with Gasteiger partial charge in [0.05, 0.1) is 5.92 Å². The molecule has 1 aromatic carbocycles. The number of hydrogen-bond donors (Lipinski definition) is 2. The highest BCUT2D eigenvalue weighted by molar-refractivity contribution is 5.85. The van der Waals surface area contributed by atoms with E-state index in [-0.39, 0.29) is 42.7 Å². The van der Waals surface area contributed by atoms with Crippen LogP contribution >= 0.6 is 24.8 Å². The van der Waals surface area contributed by atoms with Gasteiger partial charge in [0.2, 0.25) is 5.91 Å². The Hall–Kier alpha value is -1.07. The zero-order valence-electron chi connectivity index (χ0n) is 15.6. The van der Waals surface area contributed by atoms with E-state index in [9.17, 15) is 4.79 Å². The molecule has 2 bridgehead atoms. The number of nitrogens with two attached hydrogens (primary N) is 1. The summed E-state index contributed by atoms with van der Waals surface area (Å²) >= 11 is 0. The van der Waals surface area contributed by atoms with Crippen molar-refractivity contribution in [3.63, 3.8) is 0 Å². The topological polar surface area (TPSA) is 58.4 Å². The van der Waals surface area contributed by atoms with Gasteiger partial charge in [-0.25, -0.2) is 0 Å². The van der Waals surface area contributed by atoms with E-state index in [1.165, 1.54) is 18.4 Å². The van der Waals surface area contributed by atoms with Gasteiger partial charge in [-0.15, -0.1) is 24.8 Å². The van der Waals surface area contributed by atoms with Gasteiger partial charge in [0, 0.05) is 19.1 Å². The average molecular weight is 412 g/mol. The molecule has 2 fully saturated rings. The molecule has 3 aliphatic rings. The largest absolute Gasteiger partial charge is 0.355 e. The molecule has 4 atom stereocenters. The molecule has 27 heavy (non-hydrogen) atoms. The second-order valence-electron chi connectivity index (χ2n) is 7.87. The van der Waals surface area contributed by atoms with Gasteiger partial charge in [0.1, 0.15) is 0 Å². The summed E-state index contributed by atoms with van der Waals surface area (Å²) in [7, 11) is 0. The molecule has 1 amide bonds. The van der Waals surface area contributed by atoms with E-state index in [0.717, 1.165) is 32.6 Å². The Morgan fingerprint density at radius 2 is 1.74 bits per heavy atom. The SMILES string of the molecule is Cl.Cl.N[C@@H]1[C@H](C(=O)NCCN2CCC(c3ccccc3)CC2)[C@@H]2C=C[C@H]1C2. The van der Waals surface area contributed by atoms with E-state index in [0.29, 0.717) is 17.8 Å². The lowest BCUT2D eigenvalue weighted by molar-refractivity contribution is -0.126. The summed E-state index contributed by atoms with van der Waals surface area (Å²) in [5, 5.41) is 3.14. The summed E-state index contributed by atoms with van der Waals surface area (Å²) in [5.74, 6) is 1.60. The van der Waals surface area contributed by atoms with Crippen molar-refractivity contribution in [3.05, 3.63) is 48.0 Å². The lowest BCUT2D eigenvalue weighted by Crippen LogP contribution is -2.46. The minimum absolute atomic E-state index is 0. The average Bonchev–Trinajstić information content (AvgIpc) is 3.24. The van der Waals surface area contributed by atoms with Crippen molar-refractivity contribution in [1.82, 2.24) is 10.2 Å². The number of allylic oxidation sites excluding steroid dienone is 1. The number of hydrogen-bond acceptors (Lipinski definition) is 3. The number of rotatable bonds is 5. The molecule has 150 valence electrons. The highest BCUT2D eigenvalue weighted by Crippen LogP contribution is 2.42. The lowest BCUT2D eigenvalue weighted by Gasteiger charge is -2.32. The van der Waals surface area contributed by atoms with Crippen molar-refractivity contribution in [2.75, 3.05) is 26.2 Å². The molecule has 1 aromatic rings. The second kappa shape index (κ2) is 9.92. The van der Waals surface area contributed by atoms with Crippen LogP contribution in [0.4, 0.5) is 0 Å². The van der Waals surface area contributed by atoms with E-state index >= 15 is 0 Å². The molecule has 0 aromatic heterocycles. The molecule has 3 N–H and O–H groups in total. The Balaban J connectivity index is 0.00000131. The number of carbonyl (C=O) groups excluding carboxylic acids is 1. The van der Waals surface area contributed by atoms with Gasteiger partial charge in [-0.2, -0.15) is 0 Å². The number of amides is 1. The van der Waals surface area contributed by atoms with Crippen molar-refractivity contribution in [2.24, 2.45) is 23.5 Å². The molecule has 1 saturated carbocycles. The van der Waals surface area contributed by atoms with Crippen molar-refractivity contribution < 1.29 is 4.79 Å². The summed E-state index contributed by atoms with van der Waals surface area (Å²) in [6, 6.07) is 10.8. The van der Waals surface area contributed by atoms with Gasteiger partial charge >= 0.3 is 0 Å². The third-order valence-corrected chi connectivity index (χ3v) is 6.41. The van der Waals surface area contributed by atoms with Crippen molar-refractivity contribution >= 4 is 30.7 Å². The third-order valence-electron chi connectivity index (χ3n) is 6.41. The molecule has 4 rings (SSSR count). The van der Waals surface area contributed by atoms with Gasteiger partial charge in [-0.3, -0.25) is 4.79 Å². The first kappa shape index (κ1) is 22.2. The number of piperidine rings is 1. The van der Waals surface area contributed by atoms with E-state index < -0.39 is 0 Å². The zero-order chi connectivity index (χ0) is 17.2. The normalized spacial score (nSPS) is 29.8. The molecule has 1 heterocycles. The van der Waals surface area contributed by atoms with Crippen LogP contribution in [0.3, 0.4) is 0 Å². The molecule has 0 unspecified atom stereocenters. The molecule has 2 aliphatic carbocycles. The van der Waals surface area contributed by atoms with Crippen LogP contribution < -0.4 is 11.1 Å². The number of nitrogens with one attached hydrogen (secondary N) is 1. The summed E-state index contributed by atoms with van der Waals surface area (Å²) in [6.45, 7) is 3.91.